The second kappa shape index (κ2) is 4.03. The normalized spacial score (nSPS) is 11.9. The van der Waals surface area contributed by atoms with Gasteiger partial charge < -0.3 is 5.73 Å². The number of anilines is 1. The Labute approximate surface area is 86.1 Å². The van der Waals surface area contributed by atoms with E-state index in [1.165, 1.54) is 0 Å². The standard InChI is InChI=1S/C8H5F5N2O/c9-7(10)6-4(8(11,12)13)5(14)3(2-16)1-15-6/h1-2,7H,(H2,14,15). The molecule has 0 aliphatic heterocycles. The summed E-state index contributed by atoms with van der Waals surface area (Å²) < 4.78 is 61.8. The molecule has 0 atom stereocenters. The van der Waals surface area contributed by atoms with Crippen LogP contribution in [-0.2, 0) is 6.18 Å². The molecular formula is C8H5F5N2O. The van der Waals surface area contributed by atoms with E-state index in [-0.39, 0.29) is 6.29 Å². The minimum absolute atomic E-state index is 0.0207. The summed E-state index contributed by atoms with van der Waals surface area (Å²) in [6.45, 7) is 0. The lowest BCUT2D eigenvalue weighted by atomic mass is 10.1. The van der Waals surface area contributed by atoms with Gasteiger partial charge >= 0.3 is 6.18 Å². The van der Waals surface area contributed by atoms with E-state index in [4.69, 9.17) is 5.73 Å². The maximum Gasteiger partial charge on any atom is 0.420 e. The van der Waals surface area contributed by atoms with E-state index in [0.29, 0.717) is 6.20 Å². The number of halogens is 5. The molecule has 0 aliphatic rings. The van der Waals surface area contributed by atoms with E-state index < -0.39 is 35.1 Å². The Morgan fingerprint density at radius 2 is 1.94 bits per heavy atom. The van der Waals surface area contributed by atoms with Crippen LogP contribution in [0.5, 0.6) is 0 Å². The zero-order valence-corrected chi connectivity index (χ0v) is 7.55. The molecule has 1 rings (SSSR count). The van der Waals surface area contributed by atoms with E-state index >= 15 is 0 Å². The highest BCUT2D eigenvalue weighted by molar-refractivity contribution is 5.84. The number of carbonyl (C=O) groups excluding carboxylic acids is 1. The lowest BCUT2D eigenvalue weighted by Crippen LogP contribution is -2.16. The Balaban J connectivity index is 3.56. The second-order valence-corrected chi connectivity index (χ2v) is 2.80. The third-order valence-electron chi connectivity index (χ3n) is 1.80. The molecule has 0 radical (unpaired) electrons. The molecule has 0 saturated carbocycles. The molecule has 0 fully saturated rings. The molecule has 0 bridgehead atoms. The van der Waals surface area contributed by atoms with Gasteiger partial charge in [-0.15, -0.1) is 0 Å². The van der Waals surface area contributed by atoms with Crippen LogP contribution >= 0.6 is 0 Å². The maximum absolute atomic E-state index is 12.4. The van der Waals surface area contributed by atoms with Crippen molar-refractivity contribution in [2.24, 2.45) is 0 Å². The fourth-order valence-corrected chi connectivity index (χ4v) is 1.11. The van der Waals surface area contributed by atoms with Gasteiger partial charge in [-0.3, -0.25) is 9.78 Å². The number of carbonyl (C=O) groups is 1. The quantitative estimate of drug-likeness (QED) is 0.638. The monoisotopic (exact) mass is 240 g/mol. The Bertz CT molecular complexity index is 416. The first-order valence-electron chi connectivity index (χ1n) is 3.88. The van der Waals surface area contributed by atoms with Gasteiger partial charge in [0.1, 0.15) is 11.3 Å². The van der Waals surface area contributed by atoms with Crippen LogP contribution in [0.25, 0.3) is 0 Å². The molecule has 0 aliphatic carbocycles. The molecule has 1 heterocycles. The molecule has 16 heavy (non-hydrogen) atoms. The second-order valence-electron chi connectivity index (χ2n) is 2.80. The lowest BCUT2D eigenvalue weighted by Gasteiger charge is -2.14. The Morgan fingerprint density at radius 1 is 1.38 bits per heavy atom. The van der Waals surface area contributed by atoms with E-state index in [1.54, 1.807) is 0 Å². The number of aromatic nitrogens is 1. The van der Waals surface area contributed by atoms with Crippen molar-refractivity contribution in [3.63, 3.8) is 0 Å². The molecule has 1 aromatic heterocycles. The largest absolute Gasteiger partial charge is 0.420 e. The number of aldehydes is 1. The molecule has 8 heteroatoms. The van der Waals surface area contributed by atoms with Crippen LogP contribution in [0.2, 0.25) is 0 Å². The van der Waals surface area contributed by atoms with Crippen LogP contribution in [0.3, 0.4) is 0 Å². The zero-order chi connectivity index (χ0) is 12.5. The highest BCUT2D eigenvalue weighted by atomic mass is 19.4. The molecule has 0 spiro atoms. The van der Waals surface area contributed by atoms with Gasteiger partial charge in [0.05, 0.1) is 11.3 Å². The van der Waals surface area contributed by atoms with Crippen LogP contribution in [0, 0.1) is 0 Å². The summed E-state index contributed by atoms with van der Waals surface area (Å²) in [5.74, 6) is 0. The number of nitrogens with zero attached hydrogens (tertiary/aromatic N) is 1. The van der Waals surface area contributed by atoms with Crippen LogP contribution in [0.15, 0.2) is 6.20 Å². The van der Waals surface area contributed by atoms with E-state index in [9.17, 15) is 26.7 Å². The van der Waals surface area contributed by atoms with Crippen LogP contribution < -0.4 is 5.73 Å². The summed E-state index contributed by atoms with van der Waals surface area (Å²) in [5.41, 5.74) is 0.153. The molecule has 2 N–H and O–H groups in total. The van der Waals surface area contributed by atoms with Crippen molar-refractivity contribution in [3.05, 3.63) is 23.0 Å². The van der Waals surface area contributed by atoms with Crippen molar-refractivity contribution >= 4 is 12.0 Å². The van der Waals surface area contributed by atoms with Gasteiger partial charge in [0.25, 0.3) is 6.43 Å². The van der Waals surface area contributed by atoms with Gasteiger partial charge in [0, 0.05) is 6.20 Å². The summed E-state index contributed by atoms with van der Waals surface area (Å²) in [6, 6.07) is 0. The summed E-state index contributed by atoms with van der Waals surface area (Å²) in [7, 11) is 0. The molecule has 1 aromatic rings. The zero-order valence-electron chi connectivity index (χ0n) is 7.55. The maximum atomic E-state index is 12.4. The number of hydrogen-bond donors (Lipinski definition) is 1. The van der Waals surface area contributed by atoms with Crippen molar-refractivity contribution in [2.75, 3.05) is 5.73 Å². The van der Waals surface area contributed by atoms with Gasteiger partial charge in [0.2, 0.25) is 0 Å². The molecule has 0 amide bonds. The Morgan fingerprint density at radius 3 is 2.31 bits per heavy atom. The number of nitrogens with two attached hydrogens (primary N) is 1. The first-order valence-corrected chi connectivity index (χ1v) is 3.88. The molecule has 88 valence electrons. The molecular weight excluding hydrogens is 235 g/mol. The predicted molar refractivity (Wildman–Crippen MR) is 44.0 cm³/mol. The SMILES string of the molecule is Nc1c(C=O)cnc(C(F)F)c1C(F)(F)F. The average molecular weight is 240 g/mol. The Hall–Kier alpha value is -1.73. The average Bonchev–Trinajstić information content (AvgIpc) is 2.14. The molecule has 0 unspecified atom stereocenters. The number of hydrogen-bond acceptors (Lipinski definition) is 3. The fourth-order valence-electron chi connectivity index (χ4n) is 1.11. The molecule has 3 nitrogen and oxygen atoms in total. The topological polar surface area (TPSA) is 56.0 Å². The molecule has 0 saturated heterocycles. The first kappa shape index (κ1) is 12.3. The van der Waals surface area contributed by atoms with Gasteiger partial charge in [0.15, 0.2) is 6.29 Å². The van der Waals surface area contributed by atoms with Crippen molar-refractivity contribution in [3.8, 4) is 0 Å². The van der Waals surface area contributed by atoms with Crippen molar-refractivity contribution < 1.29 is 26.7 Å². The van der Waals surface area contributed by atoms with Gasteiger partial charge in [-0.1, -0.05) is 0 Å². The highest BCUT2D eigenvalue weighted by Crippen LogP contribution is 2.39. The number of rotatable bonds is 2. The van der Waals surface area contributed by atoms with E-state index in [0.717, 1.165) is 0 Å². The fraction of sp³-hybridized carbons (Fsp3) is 0.250. The summed E-state index contributed by atoms with van der Waals surface area (Å²) in [4.78, 5) is 13.2. The third kappa shape index (κ3) is 2.10. The smallest absolute Gasteiger partial charge is 0.398 e. The number of pyridine rings is 1. The van der Waals surface area contributed by atoms with Crippen LogP contribution in [-0.4, -0.2) is 11.3 Å². The van der Waals surface area contributed by atoms with Crippen LogP contribution in [0.4, 0.5) is 27.6 Å². The van der Waals surface area contributed by atoms with Gasteiger partial charge in [-0.2, -0.15) is 13.2 Å². The van der Waals surface area contributed by atoms with Crippen molar-refractivity contribution in [2.45, 2.75) is 12.6 Å². The van der Waals surface area contributed by atoms with E-state index in [2.05, 4.69) is 4.98 Å². The van der Waals surface area contributed by atoms with Crippen molar-refractivity contribution in [1.82, 2.24) is 4.98 Å². The van der Waals surface area contributed by atoms with E-state index in [1.807, 2.05) is 0 Å². The lowest BCUT2D eigenvalue weighted by molar-refractivity contribution is -0.139. The minimum Gasteiger partial charge on any atom is -0.398 e. The first-order chi connectivity index (χ1) is 7.29. The third-order valence-corrected chi connectivity index (χ3v) is 1.80. The van der Waals surface area contributed by atoms with Gasteiger partial charge in [-0.25, -0.2) is 8.78 Å². The predicted octanol–water partition coefficient (Wildman–Crippen LogP) is 2.43. The van der Waals surface area contributed by atoms with Crippen LogP contribution in [0.1, 0.15) is 28.0 Å². The summed E-state index contributed by atoms with van der Waals surface area (Å²) in [5, 5.41) is 0. The summed E-state index contributed by atoms with van der Waals surface area (Å²) >= 11 is 0. The summed E-state index contributed by atoms with van der Waals surface area (Å²) in [6.07, 6.45) is -7.90. The molecule has 0 aromatic carbocycles. The van der Waals surface area contributed by atoms with Crippen molar-refractivity contribution in [1.29, 1.82) is 0 Å². The minimum atomic E-state index is -5.08. The number of alkyl halides is 5. The number of nitrogen functional groups attached to an aromatic ring is 1. The Kier molecular flexibility index (Phi) is 3.11. The van der Waals surface area contributed by atoms with Gasteiger partial charge in [-0.05, 0) is 0 Å². The highest BCUT2D eigenvalue weighted by Gasteiger charge is 2.39.